The molecular formula is C29H38F3N5S. The van der Waals surface area contributed by atoms with Gasteiger partial charge in [-0.1, -0.05) is 51.6 Å². The van der Waals surface area contributed by atoms with E-state index in [9.17, 15) is 8.78 Å². The molecule has 1 fully saturated rings. The molecule has 0 aromatic heterocycles. The lowest BCUT2D eigenvalue weighted by atomic mass is 10.0. The van der Waals surface area contributed by atoms with Gasteiger partial charge in [0, 0.05) is 67.4 Å². The first-order valence-electron chi connectivity index (χ1n) is 13.2. The highest BCUT2D eigenvalue weighted by Crippen LogP contribution is 2.28. The first-order valence-corrected chi connectivity index (χ1v) is 14.1. The van der Waals surface area contributed by atoms with Gasteiger partial charge in [-0.15, -0.1) is 0 Å². The van der Waals surface area contributed by atoms with Gasteiger partial charge in [0.2, 0.25) is 0 Å². The van der Waals surface area contributed by atoms with Gasteiger partial charge < -0.3 is 9.21 Å². The van der Waals surface area contributed by atoms with Crippen molar-refractivity contribution in [2.45, 2.75) is 53.6 Å². The van der Waals surface area contributed by atoms with E-state index in [2.05, 4.69) is 62.9 Å². The number of allylic oxidation sites excluding steroid dienone is 1. The highest BCUT2D eigenvalue weighted by Gasteiger charge is 2.23. The van der Waals surface area contributed by atoms with Crippen LogP contribution in [0.25, 0.3) is 0 Å². The molecule has 0 radical (unpaired) electrons. The Bertz CT molecular complexity index is 1140. The van der Waals surface area contributed by atoms with Crippen molar-refractivity contribution in [2.24, 2.45) is 10.2 Å². The molecule has 0 amide bonds. The first-order chi connectivity index (χ1) is 18.3. The summed E-state index contributed by atoms with van der Waals surface area (Å²) in [5, 5.41) is 7.35. The predicted molar refractivity (Wildman–Crippen MR) is 155 cm³/mol. The molecule has 4 rings (SSSR count). The summed E-state index contributed by atoms with van der Waals surface area (Å²) in [6.45, 7) is 17.4. The number of halogens is 3. The van der Waals surface area contributed by atoms with Crippen molar-refractivity contribution >= 4 is 29.1 Å². The van der Waals surface area contributed by atoms with Gasteiger partial charge in [0.25, 0.3) is 6.43 Å². The molecule has 5 nitrogen and oxygen atoms in total. The Balaban J connectivity index is 0.00000195. The number of nitrogens with zero attached hydrogens (tertiary/aromatic N) is 5. The van der Waals surface area contributed by atoms with Crippen molar-refractivity contribution in [1.29, 1.82) is 0 Å². The molecular weight excluding hydrogens is 507 g/mol. The molecule has 0 spiro atoms. The van der Waals surface area contributed by atoms with E-state index in [0.717, 1.165) is 49.9 Å². The molecule has 0 unspecified atom stereocenters. The average molecular weight is 546 g/mol. The zero-order chi connectivity index (χ0) is 27.7. The normalized spacial score (nSPS) is 15.6. The molecule has 2 heterocycles. The minimum absolute atomic E-state index is 0.0523. The van der Waals surface area contributed by atoms with Crippen LogP contribution in [0.15, 0.2) is 64.9 Å². The van der Waals surface area contributed by atoms with Crippen LogP contribution in [0.4, 0.5) is 18.9 Å². The highest BCUT2D eigenvalue weighted by molar-refractivity contribution is 8.00. The maximum Gasteiger partial charge on any atom is 0.278 e. The van der Waals surface area contributed by atoms with Crippen LogP contribution in [0.5, 0.6) is 0 Å². The van der Waals surface area contributed by atoms with Crippen LogP contribution >= 0.6 is 11.9 Å². The van der Waals surface area contributed by atoms with Gasteiger partial charge in [-0.25, -0.2) is 13.2 Å². The molecule has 206 valence electrons. The minimum Gasteiger partial charge on any atom is -0.373 e. The Morgan fingerprint density at radius 3 is 2.42 bits per heavy atom. The minimum atomic E-state index is -2.65. The van der Waals surface area contributed by atoms with E-state index in [1.807, 2.05) is 19.9 Å². The number of alkyl halides is 2. The Morgan fingerprint density at radius 2 is 1.82 bits per heavy atom. The zero-order valence-corrected chi connectivity index (χ0v) is 23.6. The smallest absolute Gasteiger partial charge is 0.278 e. The van der Waals surface area contributed by atoms with Gasteiger partial charge in [0.15, 0.2) is 0 Å². The third kappa shape index (κ3) is 7.86. The van der Waals surface area contributed by atoms with Crippen LogP contribution in [0.2, 0.25) is 0 Å². The molecule has 0 N–H and O–H groups in total. The predicted octanol–water partition coefficient (Wildman–Crippen LogP) is 6.99. The molecule has 2 aliphatic rings. The van der Waals surface area contributed by atoms with Gasteiger partial charge in [0.1, 0.15) is 11.5 Å². The Kier molecular flexibility index (Phi) is 11.3. The van der Waals surface area contributed by atoms with Crippen LogP contribution in [-0.4, -0.2) is 59.6 Å². The van der Waals surface area contributed by atoms with Gasteiger partial charge in [-0.05, 0) is 42.6 Å². The maximum absolute atomic E-state index is 15.1. The molecule has 0 bridgehead atoms. The maximum atomic E-state index is 15.1. The monoisotopic (exact) mass is 545 g/mol. The third-order valence-corrected chi connectivity index (χ3v) is 7.31. The van der Waals surface area contributed by atoms with Crippen molar-refractivity contribution in [3.8, 4) is 0 Å². The molecule has 0 atom stereocenters. The summed E-state index contributed by atoms with van der Waals surface area (Å²) in [5.74, 6) is 0.464. The summed E-state index contributed by atoms with van der Waals surface area (Å²) in [6, 6.07) is 13.2. The Morgan fingerprint density at radius 1 is 1.08 bits per heavy atom. The lowest BCUT2D eigenvalue weighted by Gasteiger charge is -2.36. The van der Waals surface area contributed by atoms with Gasteiger partial charge in [-0.2, -0.15) is 10.2 Å². The average Bonchev–Trinajstić information content (AvgIpc) is 3.42. The second-order valence-corrected chi connectivity index (χ2v) is 10.3. The molecule has 0 saturated carbocycles. The van der Waals surface area contributed by atoms with Crippen molar-refractivity contribution < 1.29 is 13.2 Å². The molecule has 2 aromatic carbocycles. The Hall–Kier alpha value is -2.78. The number of piperazine rings is 1. The molecule has 38 heavy (non-hydrogen) atoms. The van der Waals surface area contributed by atoms with Crippen LogP contribution in [0, 0.1) is 5.82 Å². The van der Waals surface area contributed by atoms with Gasteiger partial charge in [0.05, 0.1) is 12.3 Å². The third-order valence-electron chi connectivity index (χ3n) is 6.40. The fourth-order valence-corrected chi connectivity index (χ4v) is 5.19. The van der Waals surface area contributed by atoms with Gasteiger partial charge in [-0.3, -0.25) is 4.90 Å². The van der Waals surface area contributed by atoms with Gasteiger partial charge >= 0.3 is 0 Å². The van der Waals surface area contributed by atoms with Crippen molar-refractivity contribution in [1.82, 2.24) is 9.80 Å². The largest absolute Gasteiger partial charge is 0.373 e. The molecule has 2 aliphatic heterocycles. The second kappa shape index (κ2) is 14.4. The lowest BCUT2D eigenvalue weighted by molar-refractivity contribution is 0.153. The van der Waals surface area contributed by atoms with E-state index in [1.165, 1.54) is 11.6 Å². The quantitative estimate of drug-likeness (QED) is 0.301. The number of anilines is 1. The van der Waals surface area contributed by atoms with Crippen LogP contribution < -0.4 is 4.31 Å². The summed E-state index contributed by atoms with van der Waals surface area (Å²) < 4.78 is 42.9. The first kappa shape index (κ1) is 29.8. The number of rotatable bonds is 10. The Labute approximate surface area is 229 Å². The van der Waals surface area contributed by atoms with Crippen molar-refractivity contribution in [2.75, 3.05) is 36.2 Å². The highest BCUT2D eigenvalue weighted by atomic mass is 32.2. The summed E-state index contributed by atoms with van der Waals surface area (Å²) in [6.07, 6.45) is -2.70. The molecule has 0 aliphatic carbocycles. The fraction of sp³-hybridized carbons (Fsp3) is 0.448. The molecule has 1 saturated heterocycles. The van der Waals surface area contributed by atoms with E-state index in [1.54, 1.807) is 24.1 Å². The number of benzene rings is 2. The van der Waals surface area contributed by atoms with Crippen molar-refractivity contribution in [3.05, 3.63) is 77.2 Å². The fourth-order valence-electron chi connectivity index (χ4n) is 4.38. The lowest BCUT2D eigenvalue weighted by Crippen LogP contribution is -2.44. The summed E-state index contributed by atoms with van der Waals surface area (Å²) in [4.78, 5) is 4.76. The van der Waals surface area contributed by atoms with E-state index < -0.39 is 6.43 Å². The van der Waals surface area contributed by atoms with E-state index in [-0.39, 0.29) is 17.9 Å². The van der Waals surface area contributed by atoms with Crippen LogP contribution in [0.1, 0.15) is 50.8 Å². The molecule has 2 aromatic rings. The zero-order valence-electron chi connectivity index (χ0n) is 22.8. The van der Waals surface area contributed by atoms with Crippen molar-refractivity contribution in [3.63, 3.8) is 0 Å². The SMILES string of the molecule is C=C(C)N1CCN(Cc2cccc(N(Cc3ccc(C4=NN=C(C(F)F)C4)cc3F)SCC)c2)CC1.CC. The van der Waals surface area contributed by atoms with E-state index in [0.29, 0.717) is 23.4 Å². The number of hydrogen-bond donors (Lipinski definition) is 0. The van der Waals surface area contributed by atoms with Crippen LogP contribution in [-0.2, 0) is 13.1 Å². The topological polar surface area (TPSA) is 34.4 Å². The number of hydrogen-bond acceptors (Lipinski definition) is 6. The summed E-state index contributed by atoms with van der Waals surface area (Å²) >= 11 is 1.64. The van der Waals surface area contributed by atoms with E-state index >= 15 is 4.39 Å². The summed E-state index contributed by atoms with van der Waals surface area (Å²) in [5.41, 5.74) is 4.48. The van der Waals surface area contributed by atoms with E-state index in [4.69, 9.17) is 0 Å². The second-order valence-electron chi connectivity index (χ2n) is 9.04. The summed E-state index contributed by atoms with van der Waals surface area (Å²) in [7, 11) is 0. The standard InChI is InChI=1S/C27H32F3N5S.C2H6/c1-4-36-35(18-22-9-8-21(15-24(22)28)25-16-26(27(29)30)32-31-25)23-7-5-6-20(14-23)17-33-10-12-34(13-11-33)19(2)3;1-2/h5-9,14-15,27H,2,4,10-13,16-18H2,1,3H3;1-2H3. The molecule has 9 heteroatoms. The van der Waals surface area contributed by atoms with Crippen LogP contribution in [0.3, 0.4) is 0 Å².